The molecule has 0 radical (unpaired) electrons. The van der Waals surface area contributed by atoms with Crippen molar-refractivity contribution in [3.05, 3.63) is 90.0 Å². The van der Waals surface area contributed by atoms with Crippen LogP contribution in [0, 0.1) is 5.92 Å². The molecule has 0 heterocycles. The number of nitrogens with one attached hydrogen (secondary N) is 3. The lowest BCUT2D eigenvalue weighted by atomic mass is 10.2. The van der Waals surface area contributed by atoms with Crippen molar-refractivity contribution in [1.29, 1.82) is 0 Å². The van der Waals surface area contributed by atoms with Crippen LogP contribution in [0.4, 0.5) is 5.69 Å². The van der Waals surface area contributed by atoms with Crippen LogP contribution in [-0.4, -0.2) is 32.6 Å². The molecule has 3 aromatic rings. The summed E-state index contributed by atoms with van der Waals surface area (Å²) in [4.78, 5) is 12.8. The summed E-state index contributed by atoms with van der Waals surface area (Å²) in [5.41, 5.74) is 1.97. The summed E-state index contributed by atoms with van der Waals surface area (Å²) in [6.45, 7) is 4.84. The van der Waals surface area contributed by atoms with E-state index >= 15 is 0 Å². The molecule has 0 aliphatic rings. The van der Waals surface area contributed by atoms with Crippen LogP contribution >= 0.6 is 12.2 Å². The molecule has 0 fully saturated rings. The molecule has 0 atom stereocenters. The Kier molecular flexibility index (Phi) is 9.36. The van der Waals surface area contributed by atoms with Gasteiger partial charge in [0.15, 0.2) is 5.11 Å². The summed E-state index contributed by atoms with van der Waals surface area (Å²) < 4.78 is 33.5. The molecule has 0 aromatic heterocycles. The predicted octanol–water partition coefficient (Wildman–Crippen LogP) is 4.37. The van der Waals surface area contributed by atoms with E-state index in [1.165, 1.54) is 12.1 Å². The molecule has 0 aliphatic carbocycles. The molecule has 1 amide bonds. The van der Waals surface area contributed by atoms with E-state index in [1.54, 1.807) is 36.4 Å². The quantitative estimate of drug-likeness (QED) is 0.350. The van der Waals surface area contributed by atoms with Gasteiger partial charge in [0.25, 0.3) is 5.91 Å². The average molecular weight is 512 g/mol. The van der Waals surface area contributed by atoms with Crippen molar-refractivity contribution in [2.24, 2.45) is 5.92 Å². The van der Waals surface area contributed by atoms with Gasteiger partial charge in [0.05, 0.1) is 17.1 Å². The third kappa shape index (κ3) is 8.17. The molecule has 0 spiro atoms. The Morgan fingerprint density at radius 3 is 2.29 bits per heavy atom. The first-order chi connectivity index (χ1) is 16.7. The number of benzene rings is 3. The summed E-state index contributed by atoms with van der Waals surface area (Å²) in [6.07, 6.45) is 0.597. The van der Waals surface area contributed by atoms with Crippen molar-refractivity contribution in [3.8, 4) is 5.75 Å². The number of hydrogen-bond acceptors (Lipinski definition) is 5. The highest BCUT2D eigenvalue weighted by atomic mass is 32.2. The van der Waals surface area contributed by atoms with E-state index in [2.05, 4.69) is 15.4 Å². The van der Waals surface area contributed by atoms with Gasteiger partial charge < -0.3 is 10.1 Å². The van der Waals surface area contributed by atoms with Gasteiger partial charge in [-0.25, -0.2) is 13.1 Å². The maximum Gasteiger partial charge on any atom is 0.261 e. The van der Waals surface area contributed by atoms with Gasteiger partial charge in [-0.2, -0.15) is 0 Å². The third-order valence-electron chi connectivity index (χ3n) is 4.90. The van der Waals surface area contributed by atoms with Crippen LogP contribution in [0.1, 0.15) is 29.8 Å². The minimum Gasteiger partial charge on any atom is -0.492 e. The van der Waals surface area contributed by atoms with Gasteiger partial charge in [0.2, 0.25) is 10.0 Å². The Morgan fingerprint density at radius 2 is 1.60 bits per heavy atom. The van der Waals surface area contributed by atoms with Gasteiger partial charge in [-0.05, 0) is 66.5 Å². The van der Waals surface area contributed by atoms with E-state index in [1.807, 2.05) is 44.2 Å². The number of ether oxygens (including phenoxy) is 1. The summed E-state index contributed by atoms with van der Waals surface area (Å²) in [6, 6.07) is 22.7. The number of rotatable bonds is 10. The van der Waals surface area contributed by atoms with Crippen LogP contribution in [0.15, 0.2) is 83.8 Å². The van der Waals surface area contributed by atoms with Gasteiger partial charge in [-0.15, -0.1) is 0 Å². The highest BCUT2D eigenvalue weighted by molar-refractivity contribution is 7.89. The molecular formula is C26H29N3O4S2. The number of carbonyl (C=O) groups excluding carboxylic acids is 1. The monoisotopic (exact) mass is 511 g/mol. The number of carbonyl (C=O) groups is 1. The van der Waals surface area contributed by atoms with Crippen LogP contribution in [0.2, 0.25) is 0 Å². The fourth-order valence-electron chi connectivity index (χ4n) is 3.14. The van der Waals surface area contributed by atoms with Gasteiger partial charge in [-0.1, -0.05) is 56.3 Å². The molecular weight excluding hydrogens is 482 g/mol. The Hall–Kier alpha value is -3.27. The van der Waals surface area contributed by atoms with Crippen molar-refractivity contribution < 1.29 is 17.9 Å². The Morgan fingerprint density at radius 1 is 0.943 bits per heavy atom. The van der Waals surface area contributed by atoms with E-state index in [0.29, 0.717) is 42.5 Å². The summed E-state index contributed by atoms with van der Waals surface area (Å²) in [5, 5.41) is 5.62. The Balaban J connectivity index is 1.54. The summed E-state index contributed by atoms with van der Waals surface area (Å²) in [7, 11) is -3.64. The molecule has 9 heteroatoms. The highest BCUT2D eigenvalue weighted by Gasteiger charge is 2.15. The number of sulfonamides is 1. The minimum atomic E-state index is -3.64. The number of amides is 1. The van der Waals surface area contributed by atoms with Gasteiger partial charge in [0, 0.05) is 12.2 Å². The van der Waals surface area contributed by atoms with Crippen molar-refractivity contribution in [2.75, 3.05) is 18.5 Å². The third-order valence-corrected chi connectivity index (χ3v) is 6.58. The molecule has 0 saturated heterocycles. The van der Waals surface area contributed by atoms with E-state index in [4.69, 9.17) is 17.0 Å². The van der Waals surface area contributed by atoms with Crippen molar-refractivity contribution in [1.82, 2.24) is 10.0 Å². The second kappa shape index (κ2) is 12.4. The standard InChI is InChI=1S/C26H29N3O4S2/c1-19(2)18-33-24-11-7-6-10-23(24)25(30)29-26(34)28-21-12-14-22(15-13-21)35(31,32)27-17-16-20-8-4-3-5-9-20/h3-15,19,27H,16-18H2,1-2H3,(H2,28,29,30,34). The first-order valence-electron chi connectivity index (χ1n) is 11.2. The molecule has 7 nitrogen and oxygen atoms in total. The lowest BCUT2D eigenvalue weighted by Crippen LogP contribution is -2.34. The second-order valence-corrected chi connectivity index (χ2v) is 10.4. The Labute approximate surface area is 212 Å². The molecule has 0 aliphatic heterocycles. The van der Waals surface area contributed by atoms with Crippen LogP contribution in [0.3, 0.4) is 0 Å². The molecule has 0 saturated carbocycles. The molecule has 0 unspecified atom stereocenters. The van der Waals surface area contributed by atoms with Gasteiger partial charge in [0.1, 0.15) is 5.75 Å². The predicted molar refractivity (Wildman–Crippen MR) is 142 cm³/mol. The largest absolute Gasteiger partial charge is 0.492 e. The van der Waals surface area contributed by atoms with Crippen molar-refractivity contribution in [2.45, 2.75) is 25.2 Å². The van der Waals surface area contributed by atoms with Crippen molar-refractivity contribution in [3.63, 3.8) is 0 Å². The lowest BCUT2D eigenvalue weighted by molar-refractivity contribution is 0.0973. The smallest absolute Gasteiger partial charge is 0.261 e. The van der Waals surface area contributed by atoms with Crippen LogP contribution < -0.4 is 20.1 Å². The maximum atomic E-state index is 12.7. The van der Waals surface area contributed by atoms with E-state index in [0.717, 1.165) is 5.56 Å². The fraction of sp³-hybridized carbons (Fsp3) is 0.231. The van der Waals surface area contributed by atoms with Gasteiger partial charge in [-0.3, -0.25) is 10.1 Å². The second-order valence-electron chi connectivity index (χ2n) is 8.27. The summed E-state index contributed by atoms with van der Waals surface area (Å²) >= 11 is 5.26. The number of anilines is 1. The zero-order chi connectivity index (χ0) is 25.3. The molecule has 35 heavy (non-hydrogen) atoms. The van der Waals surface area contributed by atoms with Crippen LogP contribution in [0.25, 0.3) is 0 Å². The first-order valence-corrected chi connectivity index (χ1v) is 13.1. The van der Waals surface area contributed by atoms with Gasteiger partial charge >= 0.3 is 0 Å². The number of thiocarbonyl (C=S) groups is 1. The molecule has 0 bridgehead atoms. The van der Waals surface area contributed by atoms with Crippen LogP contribution in [-0.2, 0) is 16.4 Å². The number of para-hydroxylation sites is 1. The summed E-state index contributed by atoms with van der Waals surface area (Å²) in [5.74, 6) is 0.402. The first kappa shape index (κ1) is 26.3. The molecule has 3 aromatic carbocycles. The van der Waals surface area contributed by atoms with Crippen LogP contribution in [0.5, 0.6) is 5.75 Å². The van der Waals surface area contributed by atoms with E-state index in [9.17, 15) is 13.2 Å². The zero-order valence-electron chi connectivity index (χ0n) is 19.7. The normalized spacial score (nSPS) is 11.2. The molecule has 3 rings (SSSR count). The average Bonchev–Trinajstić information content (AvgIpc) is 2.83. The maximum absolute atomic E-state index is 12.7. The molecule has 3 N–H and O–H groups in total. The van der Waals surface area contributed by atoms with E-state index < -0.39 is 15.9 Å². The topological polar surface area (TPSA) is 96.5 Å². The lowest BCUT2D eigenvalue weighted by Gasteiger charge is -2.14. The number of hydrogen-bond donors (Lipinski definition) is 3. The van der Waals surface area contributed by atoms with E-state index in [-0.39, 0.29) is 10.0 Å². The highest BCUT2D eigenvalue weighted by Crippen LogP contribution is 2.19. The molecule has 184 valence electrons. The van der Waals surface area contributed by atoms with Crippen molar-refractivity contribution >= 4 is 38.9 Å². The minimum absolute atomic E-state index is 0.0882. The zero-order valence-corrected chi connectivity index (χ0v) is 21.3. The fourth-order valence-corrected chi connectivity index (χ4v) is 4.39. The SMILES string of the molecule is CC(C)COc1ccccc1C(=O)NC(=S)Nc1ccc(S(=O)(=O)NCCc2ccccc2)cc1. The Bertz CT molecular complexity index is 1250.